The van der Waals surface area contributed by atoms with Gasteiger partial charge in [-0.1, -0.05) is 0 Å². The van der Waals surface area contributed by atoms with Gasteiger partial charge in [-0.3, -0.25) is 9.69 Å². The Morgan fingerprint density at radius 1 is 1.67 bits per heavy atom. The second kappa shape index (κ2) is 3.90. The summed E-state index contributed by atoms with van der Waals surface area (Å²) >= 11 is 0. The molecule has 1 fully saturated rings. The normalized spacial score (nSPS) is 26.1. The van der Waals surface area contributed by atoms with E-state index in [2.05, 4.69) is 25.2 Å². The molecule has 0 bridgehead atoms. The molecule has 69 valence electrons. The maximum absolute atomic E-state index is 11.0. The number of carbonyl (C=O) groups is 1. The van der Waals surface area contributed by atoms with Crippen LogP contribution >= 0.6 is 0 Å². The van der Waals surface area contributed by atoms with Crippen molar-refractivity contribution in [2.45, 2.75) is 38.8 Å². The van der Waals surface area contributed by atoms with Crippen molar-refractivity contribution in [3.63, 3.8) is 0 Å². The summed E-state index contributed by atoms with van der Waals surface area (Å²) in [4.78, 5) is 13.2. The smallest absolute Gasteiger partial charge is 0.234 e. The topological polar surface area (TPSA) is 46.3 Å². The molecule has 0 aromatic carbocycles. The highest BCUT2D eigenvalue weighted by atomic mass is 16.1. The molecule has 1 aliphatic rings. The number of nitrogens with two attached hydrogens (primary N) is 1. The van der Waals surface area contributed by atoms with Crippen molar-refractivity contribution in [3.05, 3.63) is 6.42 Å². The number of likely N-dealkylation sites (tertiary alicyclic amines) is 1. The van der Waals surface area contributed by atoms with Crippen molar-refractivity contribution in [1.29, 1.82) is 0 Å². The number of hydrogen-bond donors (Lipinski definition) is 1. The molecule has 3 nitrogen and oxygen atoms in total. The van der Waals surface area contributed by atoms with Crippen molar-refractivity contribution in [2.24, 2.45) is 5.73 Å². The number of amides is 1. The Balaban J connectivity index is 2.60. The Morgan fingerprint density at radius 3 is 2.75 bits per heavy atom. The molecule has 0 aliphatic carbocycles. The van der Waals surface area contributed by atoms with Crippen molar-refractivity contribution in [2.75, 3.05) is 6.54 Å². The van der Waals surface area contributed by atoms with Crippen LogP contribution in [0.5, 0.6) is 0 Å². The van der Waals surface area contributed by atoms with Crippen LogP contribution < -0.4 is 5.73 Å². The van der Waals surface area contributed by atoms with Gasteiger partial charge in [0.2, 0.25) is 5.91 Å². The van der Waals surface area contributed by atoms with Gasteiger partial charge in [0.1, 0.15) is 0 Å². The van der Waals surface area contributed by atoms with Crippen LogP contribution in [0.15, 0.2) is 0 Å². The molecule has 0 saturated carbocycles. The quantitative estimate of drug-likeness (QED) is 0.656. The summed E-state index contributed by atoms with van der Waals surface area (Å²) in [5.74, 6) is -0.195. The summed E-state index contributed by atoms with van der Waals surface area (Å²) in [6.07, 6.45) is 4.03. The van der Waals surface area contributed by atoms with E-state index >= 15 is 0 Å². The molecule has 1 saturated heterocycles. The lowest BCUT2D eigenvalue weighted by molar-refractivity contribution is -0.124. The molecule has 3 heteroatoms. The monoisotopic (exact) mass is 169 g/mol. The van der Waals surface area contributed by atoms with Gasteiger partial charge in [-0.15, -0.1) is 0 Å². The maximum atomic E-state index is 11.0. The standard InChI is InChI=1S/C9H17N2O/c1-7(2)11-6-4-3-5-8(11)9(10)12/h3,7-8H,4-6H2,1-2H3,(H2,10,12). The molecule has 1 radical (unpaired) electrons. The summed E-state index contributed by atoms with van der Waals surface area (Å²) < 4.78 is 0. The fraction of sp³-hybridized carbons (Fsp3) is 0.778. The molecule has 1 rings (SSSR count). The first kappa shape index (κ1) is 9.52. The lowest BCUT2D eigenvalue weighted by atomic mass is 10.00. The fourth-order valence-corrected chi connectivity index (χ4v) is 1.70. The Morgan fingerprint density at radius 2 is 2.33 bits per heavy atom. The van der Waals surface area contributed by atoms with E-state index in [0.717, 1.165) is 19.4 Å². The molecule has 1 unspecified atom stereocenters. The van der Waals surface area contributed by atoms with Crippen molar-refractivity contribution in [3.8, 4) is 0 Å². The second-order valence-electron chi connectivity index (χ2n) is 3.56. The first-order valence-corrected chi connectivity index (χ1v) is 4.49. The average Bonchev–Trinajstić information content (AvgIpc) is 2.04. The molecule has 1 amide bonds. The van der Waals surface area contributed by atoms with Crippen LogP contribution in [0.1, 0.15) is 26.7 Å². The Labute approximate surface area is 73.9 Å². The number of nitrogens with zero attached hydrogens (tertiary/aromatic N) is 1. The van der Waals surface area contributed by atoms with Gasteiger partial charge in [0.25, 0.3) is 0 Å². The predicted octanol–water partition coefficient (Wildman–Crippen LogP) is 0.549. The largest absolute Gasteiger partial charge is 0.368 e. The summed E-state index contributed by atoms with van der Waals surface area (Å²) in [6, 6.07) is 0.343. The predicted molar refractivity (Wildman–Crippen MR) is 48.4 cm³/mol. The summed E-state index contributed by atoms with van der Waals surface area (Å²) in [5.41, 5.74) is 5.29. The first-order chi connectivity index (χ1) is 5.63. The third-order valence-electron chi connectivity index (χ3n) is 2.37. The second-order valence-corrected chi connectivity index (χ2v) is 3.56. The molecular weight excluding hydrogens is 152 g/mol. The summed E-state index contributed by atoms with van der Waals surface area (Å²) in [5, 5.41) is 0. The Kier molecular flexibility index (Phi) is 3.09. The highest BCUT2D eigenvalue weighted by molar-refractivity contribution is 5.80. The van der Waals surface area contributed by atoms with Crippen LogP contribution in [0.4, 0.5) is 0 Å². The average molecular weight is 169 g/mol. The minimum atomic E-state index is -0.195. The van der Waals surface area contributed by atoms with E-state index in [1.165, 1.54) is 0 Å². The molecule has 2 N–H and O–H groups in total. The van der Waals surface area contributed by atoms with Crippen LogP contribution in [0.25, 0.3) is 0 Å². The van der Waals surface area contributed by atoms with Crippen molar-refractivity contribution < 1.29 is 4.79 Å². The number of carbonyl (C=O) groups excluding carboxylic acids is 1. The van der Waals surface area contributed by atoms with Gasteiger partial charge >= 0.3 is 0 Å². The number of primary amides is 1. The number of rotatable bonds is 2. The third kappa shape index (κ3) is 1.97. The molecule has 0 spiro atoms. The van der Waals surface area contributed by atoms with Gasteiger partial charge in [0, 0.05) is 6.04 Å². The van der Waals surface area contributed by atoms with Gasteiger partial charge in [0.05, 0.1) is 6.04 Å². The fourth-order valence-electron chi connectivity index (χ4n) is 1.70. The van der Waals surface area contributed by atoms with Crippen molar-refractivity contribution in [1.82, 2.24) is 4.90 Å². The van der Waals surface area contributed by atoms with E-state index < -0.39 is 0 Å². The highest BCUT2D eigenvalue weighted by Gasteiger charge is 2.28. The molecule has 0 aromatic heterocycles. The minimum Gasteiger partial charge on any atom is -0.368 e. The van der Waals surface area contributed by atoms with E-state index in [4.69, 9.17) is 5.73 Å². The van der Waals surface area contributed by atoms with E-state index in [9.17, 15) is 4.79 Å². The van der Waals surface area contributed by atoms with Gasteiger partial charge in [0.15, 0.2) is 0 Å². The number of piperidine rings is 1. The van der Waals surface area contributed by atoms with Gasteiger partial charge in [-0.25, -0.2) is 0 Å². The van der Waals surface area contributed by atoms with Crippen LogP contribution in [0.3, 0.4) is 0 Å². The Bertz CT molecular complexity index is 168. The van der Waals surface area contributed by atoms with Crippen LogP contribution in [0, 0.1) is 6.42 Å². The molecule has 1 atom stereocenters. The summed E-state index contributed by atoms with van der Waals surface area (Å²) in [7, 11) is 0. The van der Waals surface area contributed by atoms with E-state index in [1.54, 1.807) is 0 Å². The SMILES string of the molecule is CC(C)N1CC[CH]CC1C(N)=O. The molecule has 1 aliphatic heterocycles. The van der Waals surface area contributed by atoms with E-state index in [0.29, 0.717) is 6.04 Å². The van der Waals surface area contributed by atoms with E-state index in [-0.39, 0.29) is 11.9 Å². The summed E-state index contributed by atoms with van der Waals surface area (Å²) in [6.45, 7) is 5.16. The lowest BCUT2D eigenvalue weighted by Crippen LogP contribution is -2.50. The maximum Gasteiger partial charge on any atom is 0.234 e. The van der Waals surface area contributed by atoms with E-state index in [1.807, 2.05) is 0 Å². The van der Waals surface area contributed by atoms with Gasteiger partial charge in [-0.2, -0.15) is 0 Å². The zero-order valence-electron chi connectivity index (χ0n) is 7.79. The Hall–Kier alpha value is -0.570. The molecule has 1 heterocycles. The highest BCUT2D eigenvalue weighted by Crippen LogP contribution is 2.18. The van der Waals surface area contributed by atoms with Gasteiger partial charge < -0.3 is 5.73 Å². The lowest BCUT2D eigenvalue weighted by Gasteiger charge is -2.36. The number of hydrogen-bond acceptors (Lipinski definition) is 2. The van der Waals surface area contributed by atoms with Crippen molar-refractivity contribution >= 4 is 5.91 Å². The zero-order chi connectivity index (χ0) is 9.14. The van der Waals surface area contributed by atoms with Crippen LogP contribution in [0.2, 0.25) is 0 Å². The third-order valence-corrected chi connectivity index (χ3v) is 2.37. The van der Waals surface area contributed by atoms with Crippen LogP contribution in [-0.2, 0) is 4.79 Å². The minimum absolute atomic E-state index is 0.0706. The molecular formula is C9H17N2O. The molecule has 0 aromatic rings. The zero-order valence-corrected chi connectivity index (χ0v) is 7.79. The van der Waals surface area contributed by atoms with Crippen LogP contribution in [-0.4, -0.2) is 29.4 Å². The van der Waals surface area contributed by atoms with Gasteiger partial charge in [-0.05, 0) is 39.7 Å². The first-order valence-electron chi connectivity index (χ1n) is 4.49. The molecule has 12 heavy (non-hydrogen) atoms.